The number of allylic oxidation sites excluding steroid dienone is 11. The third kappa shape index (κ3) is 6.11. The van der Waals surface area contributed by atoms with Gasteiger partial charge in [-0.1, -0.05) is 141 Å². The largest absolute Gasteiger partial charge is 0.483 e. The molecule has 0 N–H and O–H groups in total. The fourth-order valence-corrected chi connectivity index (χ4v) is 11.4. The molecule has 6 atom stereocenters. The summed E-state index contributed by atoms with van der Waals surface area (Å²) in [5.41, 5.74) is 21.9. The van der Waals surface area contributed by atoms with Crippen LogP contribution in [0, 0.1) is 23.7 Å². The highest BCUT2D eigenvalue weighted by Crippen LogP contribution is 2.55. The van der Waals surface area contributed by atoms with Crippen molar-refractivity contribution >= 4 is 34.1 Å². The summed E-state index contributed by atoms with van der Waals surface area (Å²) >= 11 is 0. The predicted molar refractivity (Wildman–Crippen MR) is 257 cm³/mol. The Hall–Kier alpha value is -6.70. The smallest absolute Gasteiger partial charge is 0.148 e. The number of para-hydroxylation sites is 4. The van der Waals surface area contributed by atoms with Gasteiger partial charge in [0.2, 0.25) is 0 Å². The number of fused-ring (bicyclic) bond motifs is 10. The highest BCUT2D eigenvalue weighted by Gasteiger charge is 2.46. The number of furan rings is 1. The average Bonchev–Trinajstić information content (AvgIpc) is 3.82. The summed E-state index contributed by atoms with van der Waals surface area (Å²) < 4.78 is 13.8. The normalized spacial score (nSPS) is 27.8. The van der Waals surface area contributed by atoms with E-state index in [-0.39, 0.29) is 35.3 Å². The molecule has 4 aromatic carbocycles. The standard InChI is InChI=1S/C59H52N2O2/c1-38-27-31-48-47-22-10-11-25-54(47)62-57(48)56(38)61(44-20-8-5-9-21-44)51-34-29-40-28-32-46-39(2)45(33-30-42(51)36-40)49(41-16-14-17-41)37-53(46)60(43-18-6-4-7-19-43)52-24-15-23-50-58(52)63-55-26-12-13-35-59(50,55)3/h4-13,15,18-28,31-33,35,37-39,41-42,55-56H,14,16-17,30,36H2,1-3H3/b32-28-,45-33+. The second-order valence-corrected chi connectivity index (χ2v) is 18.7. The number of benzene rings is 4. The number of ether oxygens (including phenoxy) is 1. The Morgan fingerprint density at radius 1 is 0.746 bits per heavy atom. The predicted octanol–water partition coefficient (Wildman–Crippen LogP) is 14.7. The summed E-state index contributed by atoms with van der Waals surface area (Å²) in [6.07, 6.45) is 28.8. The molecule has 4 nitrogen and oxygen atoms in total. The van der Waals surface area contributed by atoms with E-state index in [1.165, 1.54) is 69.5 Å². The van der Waals surface area contributed by atoms with Gasteiger partial charge >= 0.3 is 0 Å². The minimum absolute atomic E-state index is 0.0358. The van der Waals surface area contributed by atoms with Crippen molar-refractivity contribution < 1.29 is 9.15 Å². The van der Waals surface area contributed by atoms with Gasteiger partial charge in [-0.05, 0) is 110 Å². The van der Waals surface area contributed by atoms with Crippen LogP contribution in [0.5, 0.6) is 5.75 Å². The molecule has 5 aromatic rings. The molecule has 2 heterocycles. The maximum absolute atomic E-state index is 6.97. The molecule has 1 fully saturated rings. The number of nitrogens with zero attached hydrogens (tertiary/aromatic N) is 2. The van der Waals surface area contributed by atoms with E-state index in [1.54, 1.807) is 0 Å². The third-order valence-electron chi connectivity index (χ3n) is 15.0. The van der Waals surface area contributed by atoms with E-state index in [0.29, 0.717) is 5.92 Å². The summed E-state index contributed by atoms with van der Waals surface area (Å²) in [7, 11) is 0. The van der Waals surface area contributed by atoms with Crippen molar-refractivity contribution in [3.63, 3.8) is 0 Å². The molecular formula is C59H52N2O2. The molecule has 0 saturated heterocycles. The first kappa shape index (κ1) is 38.0. The molecule has 0 radical (unpaired) electrons. The van der Waals surface area contributed by atoms with Crippen LogP contribution in [-0.2, 0) is 5.41 Å². The molecule has 310 valence electrons. The number of hydrogen-bond acceptors (Lipinski definition) is 4. The molecule has 4 heteroatoms. The van der Waals surface area contributed by atoms with Crippen molar-refractivity contribution in [2.45, 2.75) is 70.4 Å². The van der Waals surface area contributed by atoms with Gasteiger partial charge in [0.1, 0.15) is 23.2 Å². The van der Waals surface area contributed by atoms with Crippen LogP contribution in [0.15, 0.2) is 207 Å². The summed E-state index contributed by atoms with van der Waals surface area (Å²) in [5.74, 6) is 3.10. The maximum Gasteiger partial charge on any atom is 0.148 e. The first-order valence-corrected chi connectivity index (χ1v) is 23.1. The second kappa shape index (κ2) is 15.0. The molecule has 6 aliphatic carbocycles. The molecule has 1 saturated carbocycles. The molecule has 12 rings (SSSR count). The third-order valence-corrected chi connectivity index (χ3v) is 15.0. The summed E-state index contributed by atoms with van der Waals surface area (Å²) in [5, 5.41) is 1.17. The first-order valence-electron chi connectivity index (χ1n) is 23.1. The molecule has 4 bridgehead atoms. The highest BCUT2D eigenvalue weighted by atomic mass is 16.5. The quantitative estimate of drug-likeness (QED) is 0.153. The lowest BCUT2D eigenvalue weighted by Crippen LogP contribution is -2.36. The van der Waals surface area contributed by atoms with Crippen molar-refractivity contribution in [3.8, 4) is 5.75 Å². The summed E-state index contributed by atoms with van der Waals surface area (Å²) in [6, 6.07) is 36.9. The zero-order valence-electron chi connectivity index (χ0n) is 36.3. The van der Waals surface area contributed by atoms with Gasteiger partial charge in [0.25, 0.3) is 0 Å². The zero-order chi connectivity index (χ0) is 42.2. The zero-order valence-corrected chi connectivity index (χ0v) is 36.3. The van der Waals surface area contributed by atoms with Gasteiger partial charge < -0.3 is 19.0 Å². The highest BCUT2D eigenvalue weighted by molar-refractivity contribution is 5.90. The Morgan fingerprint density at radius 2 is 1.54 bits per heavy atom. The number of anilines is 3. The van der Waals surface area contributed by atoms with Crippen molar-refractivity contribution in [1.82, 2.24) is 0 Å². The fraction of sp³-hybridized carbons (Fsp3) is 0.254. The molecule has 0 spiro atoms. The van der Waals surface area contributed by atoms with Crippen LogP contribution in [0.3, 0.4) is 0 Å². The fourth-order valence-electron chi connectivity index (χ4n) is 11.4. The SMILES string of the molecule is CC1C2=C(N(c3ccccc3)c3cccc4c3OC3C=CC=CC43C)C=C(C3CCC3)/C1=C/CC1CC(=C=C=C1N(c1ccccc1)C1c3oc4ccccc4c3C=CC1C)/C=C\2. The Labute approximate surface area is 371 Å². The van der Waals surface area contributed by atoms with Gasteiger partial charge in [0, 0.05) is 51.2 Å². The van der Waals surface area contributed by atoms with Crippen molar-refractivity contribution in [2.75, 3.05) is 9.80 Å². The summed E-state index contributed by atoms with van der Waals surface area (Å²) in [4.78, 5) is 5.02. The van der Waals surface area contributed by atoms with E-state index in [4.69, 9.17) is 9.15 Å². The van der Waals surface area contributed by atoms with Gasteiger partial charge in [0.05, 0.1) is 28.5 Å². The van der Waals surface area contributed by atoms with Crippen LogP contribution in [0.2, 0.25) is 0 Å². The van der Waals surface area contributed by atoms with Crippen LogP contribution in [0.25, 0.3) is 17.0 Å². The van der Waals surface area contributed by atoms with Crippen molar-refractivity contribution in [3.05, 3.63) is 220 Å². The van der Waals surface area contributed by atoms with Crippen LogP contribution in [0.4, 0.5) is 17.1 Å². The van der Waals surface area contributed by atoms with E-state index in [2.05, 4.69) is 206 Å². The lowest BCUT2D eigenvalue weighted by molar-refractivity contribution is 0.228. The topological polar surface area (TPSA) is 28.9 Å². The van der Waals surface area contributed by atoms with Crippen LogP contribution in [0.1, 0.15) is 75.8 Å². The Balaban J connectivity index is 1.04. The molecule has 6 unspecified atom stereocenters. The van der Waals surface area contributed by atoms with Gasteiger partial charge in [-0.2, -0.15) is 0 Å². The first-order chi connectivity index (χ1) is 30.9. The summed E-state index contributed by atoms with van der Waals surface area (Å²) in [6.45, 7) is 7.06. The molecule has 7 aliphatic rings. The monoisotopic (exact) mass is 820 g/mol. The number of hydrogen-bond donors (Lipinski definition) is 0. The Morgan fingerprint density at radius 3 is 2.35 bits per heavy atom. The van der Waals surface area contributed by atoms with Crippen molar-refractivity contribution in [2.24, 2.45) is 23.7 Å². The minimum atomic E-state index is -0.224. The lowest BCUT2D eigenvalue weighted by atomic mass is 9.69. The Kier molecular flexibility index (Phi) is 9.04. The minimum Gasteiger partial charge on any atom is -0.483 e. The van der Waals surface area contributed by atoms with Crippen LogP contribution < -0.4 is 14.5 Å². The van der Waals surface area contributed by atoms with Crippen molar-refractivity contribution in [1.29, 1.82) is 0 Å². The van der Waals surface area contributed by atoms with E-state index in [0.717, 1.165) is 47.0 Å². The average molecular weight is 821 g/mol. The molecule has 1 aliphatic heterocycles. The van der Waals surface area contributed by atoms with E-state index >= 15 is 0 Å². The van der Waals surface area contributed by atoms with Gasteiger partial charge in [-0.15, -0.1) is 0 Å². The molecule has 0 amide bonds. The van der Waals surface area contributed by atoms with Crippen LogP contribution >= 0.6 is 0 Å². The van der Waals surface area contributed by atoms with Crippen LogP contribution in [-0.4, -0.2) is 6.10 Å². The van der Waals surface area contributed by atoms with Gasteiger partial charge in [-0.25, -0.2) is 0 Å². The van der Waals surface area contributed by atoms with E-state index in [9.17, 15) is 0 Å². The molecular weight excluding hydrogens is 769 g/mol. The lowest BCUT2D eigenvalue weighted by Gasteiger charge is -2.41. The molecule has 63 heavy (non-hydrogen) atoms. The maximum atomic E-state index is 6.97. The van der Waals surface area contributed by atoms with Gasteiger partial charge in [0.15, 0.2) is 0 Å². The van der Waals surface area contributed by atoms with E-state index < -0.39 is 0 Å². The second-order valence-electron chi connectivity index (χ2n) is 18.7. The Bertz CT molecular complexity index is 3010. The van der Waals surface area contributed by atoms with E-state index in [1.807, 2.05) is 0 Å². The number of rotatable bonds is 7. The van der Waals surface area contributed by atoms with Gasteiger partial charge in [-0.3, -0.25) is 0 Å². The molecule has 1 aromatic heterocycles.